The van der Waals surface area contributed by atoms with Crippen LogP contribution >= 0.6 is 11.8 Å². The van der Waals surface area contributed by atoms with Crippen molar-refractivity contribution >= 4 is 34.4 Å². The van der Waals surface area contributed by atoms with Crippen LogP contribution in [-0.2, 0) is 18.9 Å². The Hall–Kier alpha value is -2.28. The number of para-hydroxylation sites is 2. The van der Waals surface area contributed by atoms with Crippen LogP contribution in [0.2, 0.25) is 0 Å². The summed E-state index contributed by atoms with van der Waals surface area (Å²) in [6.45, 7) is 0.754. The van der Waals surface area contributed by atoms with Crippen molar-refractivity contribution < 1.29 is 4.79 Å². The van der Waals surface area contributed by atoms with Gasteiger partial charge in [-0.15, -0.1) is 0 Å². The van der Waals surface area contributed by atoms with Gasteiger partial charge in [-0.2, -0.15) is 5.10 Å². The van der Waals surface area contributed by atoms with Gasteiger partial charge in [0.1, 0.15) is 0 Å². The second-order valence-corrected chi connectivity index (χ2v) is 7.22. The number of aryl methyl sites for hydroxylation is 2. The number of fused-ring (bicyclic) bond motifs is 1. The maximum atomic E-state index is 12.9. The fraction of sp³-hybridized carbons (Fsp3) is 0.353. The lowest BCUT2D eigenvalue weighted by atomic mass is 10.1. The van der Waals surface area contributed by atoms with Gasteiger partial charge in [0.25, 0.3) is 0 Å². The number of aromatic nitrogens is 4. The summed E-state index contributed by atoms with van der Waals surface area (Å²) in [5, 5.41) is 4.97. The van der Waals surface area contributed by atoms with Gasteiger partial charge >= 0.3 is 0 Å². The number of nitrogens with zero attached hydrogens (tertiary/aromatic N) is 5. The number of anilines is 1. The molecule has 3 aromatic rings. The minimum Gasteiger partial charge on any atom is -0.322 e. The topological polar surface area (TPSA) is 56.0 Å². The second-order valence-electron chi connectivity index (χ2n) is 6.05. The molecule has 6 nitrogen and oxygen atoms in total. The van der Waals surface area contributed by atoms with E-state index in [2.05, 4.69) is 20.7 Å². The highest BCUT2D eigenvalue weighted by molar-refractivity contribution is 8.00. The van der Waals surface area contributed by atoms with E-state index in [9.17, 15) is 4.79 Å². The van der Waals surface area contributed by atoms with Crippen molar-refractivity contribution in [2.24, 2.45) is 14.1 Å². The number of piperidine rings is 1. The Morgan fingerprint density at radius 2 is 2.08 bits per heavy atom. The molecule has 1 aliphatic rings. The normalized spacial score (nSPS) is 18.5. The van der Waals surface area contributed by atoms with E-state index in [4.69, 9.17) is 0 Å². The van der Waals surface area contributed by atoms with E-state index in [-0.39, 0.29) is 11.2 Å². The Labute approximate surface area is 144 Å². The van der Waals surface area contributed by atoms with Crippen LogP contribution in [0.1, 0.15) is 12.8 Å². The molecule has 1 amide bonds. The molecular formula is C17H19N5OS. The van der Waals surface area contributed by atoms with E-state index >= 15 is 0 Å². The third kappa shape index (κ3) is 2.58. The van der Waals surface area contributed by atoms with E-state index < -0.39 is 0 Å². The van der Waals surface area contributed by atoms with Gasteiger partial charge in [0.2, 0.25) is 5.91 Å². The number of thioether (sulfide) groups is 1. The summed E-state index contributed by atoms with van der Waals surface area (Å²) in [4.78, 5) is 19.4. The fourth-order valence-electron chi connectivity index (χ4n) is 3.11. The molecule has 1 fully saturated rings. The van der Waals surface area contributed by atoms with Crippen molar-refractivity contribution in [2.45, 2.75) is 23.2 Å². The monoisotopic (exact) mass is 341 g/mol. The molecule has 2 aromatic heterocycles. The van der Waals surface area contributed by atoms with Crippen molar-refractivity contribution in [1.29, 1.82) is 0 Å². The van der Waals surface area contributed by atoms with Crippen molar-refractivity contribution in [3.8, 4) is 0 Å². The minimum absolute atomic E-state index is 0.102. The second kappa shape index (κ2) is 5.98. The first-order valence-corrected chi connectivity index (χ1v) is 8.89. The highest BCUT2D eigenvalue weighted by Gasteiger charge is 2.32. The van der Waals surface area contributed by atoms with Gasteiger partial charge in [-0.25, -0.2) is 4.98 Å². The molecule has 7 heteroatoms. The Bertz CT molecular complexity index is 899. The average molecular weight is 341 g/mol. The molecule has 0 unspecified atom stereocenters. The number of rotatable bonds is 3. The number of benzene rings is 1. The van der Waals surface area contributed by atoms with Gasteiger partial charge in [-0.3, -0.25) is 9.48 Å². The molecule has 0 saturated carbocycles. The summed E-state index contributed by atoms with van der Waals surface area (Å²) in [5.41, 5.74) is 2.93. The lowest BCUT2D eigenvalue weighted by Gasteiger charge is -2.30. The number of carbonyl (C=O) groups excluding carboxylic acids is 1. The van der Waals surface area contributed by atoms with Gasteiger partial charge in [0.05, 0.1) is 28.2 Å². The number of hydrogen-bond acceptors (Lipinski definition) is 4. The molecule has 1 aliphatic heterocycles. The summed E-state index contributed by atoms with van der Waals surface area (Å²) in [7, 11) is 3.87. The molecule has 0 aliphatic carbocycles. The molecule has 3 heterocycles. The summed E-state index contributed by atoms with van der Waals surface area (Å²) < 4.78 is 3.79. The van der Waals surface area contributed by atoms with E-state index in [0.29, 0.717) is 0 Å². The van der Waals surface area contributed by atoms with Crippen molar-refractivity contribution in [3.63, 3.8) is 0 Å². The predicted octanol–water partition coefficient (Wildman–Crippen LogP) is 2.59. The van der Waals surface area contributed by atoms with E-state index in [1.807, 2.05) is 43.4 Å². The maximum Gasteiger partial charge on any atom is 0.240 e. The van der Waals surface area contributed by atoms with Gasteiger partial charge in [0.15, 0.2) is 5.16 Å². The number of amides is 1. The SMILES string of the molecule is Cn1cc(N2CCC[C@@H](Sc3nc4ccccc4n3C)C2=O)cn1. The first-order chi connectivity index (χ1) is 11.6. The molecule has 24 heavy (non-hydrogen) atoms. The van der Waals surface area contributed by atoms with Crippen molar-refractivity contribution in [2.75, 3.05) is 11.4 Å². The lowest BCUT2D eigenvalue weighted by molar-refractivity contribution is -0.119. The van der Waals surface area contributed by atoms with Crippen molar-refractivity contribution in [1.82, 2.24) is 19.3 Å². The molecule has 0 spiro atoms. The Morgan fingerprint density at radius 1 is 1.25 bits per heavy atom. The zero-order valence-corrected chi connectivity index (χ0v) is 14.5. The van der Waals surface area contributed by atoms with Crippen LogP contribution < -0.4 is 4.90 Å². The first kappa shape index (κ1) is 15.3. The summed E-state index contributed by atoms with van der Waals surface area (Å²) in [6, 6.07) is 8.05. The van der Waals surface area contributed by atoms with Gasteiger partial charge < -0.3 is 9.47 Å². The van der Waals surface area contributed by atoms with Crippen LogP contribution in [0.3, 0.4) is 0 Å². The third-order valence-corrected chi connectivity index (χ3v) is 5.68. The van der Waals surface area contributed by atoms with Crippen LogP contribution in [-0.4, -0.2) is 37.0 Å². The molecule has 0 N–H and O–H groups in total. The van der Waals surface area contributed by atoms with Crippen LogP contribution in [0.4, 0.5) is 5.69 Å². The van der Waals surface area contributed by atoms with E-state index in [0.717, 1.165) is 41.3 Å². The van der Waals surface area contributed by atoms with Crippen LogP contribution in [0.15, 0.2) is 41.8 Å². The van der Waals surface area contributed by atoms with Gasteiger partial charge in [-0.05, 0) is 25.0 Å². The zero-order valence-electron chi connectivity index (χ0n) is 13.7. The van der Waals surface area contributed by atoms with E-state index in [1.54, 1.807) is 22.6 Å². The number of hydrogen-bond donors (Lipinski definition) is 0. The number of imidazole rings is 1. The standard InChI is InChI=1S/C17H19N5OS/c1-20-11-12(10-18-20)22-9-5-8-15(16(22)23)24-17-19-13-6-3-4-7-14(13)21(17)2/h3-4,6-7,10-11,15H,5,8-9H2,1-2H3/t15-/m1/s1. The molecular weight excluding hydrogens is 322 g/mol. The Balaban J connectivity index is 1.59. The largest absolute Gasteiger partial charge is 0.322 e. The summed E-state index contributed by atoms with van der Waals surface area (Å²) in [5.74, 6) is 0.145. The quantitative estimate of drug-likeness (QED) is 0.735. The van der Waals surface area contributed by atoms with Crippen LogP contribution in [0.25, 0.3) is 11.0 Å². The molecule has 1 atom stereocenters. The first-order valence-electron chi connectivity index (χ1n) is 8.01. The highest BCUT2D eigenvalue weighted by atomic mass is 32.2. The fourth-order valence-corrected chi connectivity index (χ4v) is 4.29. The van der Waals surface area contributed by atoms with Gasteiger partial charge in [0, 0.05) is 26.8 Å². The van der Waals surface area contributed by atoms with Crippen molar-refractivity contribution in [3.05, 3.63) is 36.7 Å². The Morgan fingerprint density at radius 3 is 2.83 bits per heavy atom. The average Bonchev–Trinajstić information content (AvgIpc) is 3.14. The Kier molecular flexibility index (Phi) is 3.80. The third-order valence-electron chi connectivity index (χ3n) is 4.39. The maximum absolute atomic E-state index is 12.9. The highest BCUT2D eigenvalue weighted by Crippen LogP contribution is 2.33. The summed E-state index contributed by atoms with van der Waals surface area (Å²) >= 11 is 1.56. The predicted molar refractivity (Wildman–Crippen MR) is 95.2 cm³/mol. The molecule has 1 saturated heterocycles. The number of carbonyl (C=O) groups is 1. The molecule has 4 rings (SSSR count). The molecule has 124 valence electrons. The van der Waals surface area contributed by atoms with Crippen LogP contribution in [0, 0.1) is 0 Å². The molecule has 1 aromatic carbocycles. The van der Waals surface area contributed by atoms with Gasteiger partial charge in [-0.1, -0.05) is 23.9 Å². The summed E-state index contributed by atoms with van der Waals surface area (Å²) in [6.07, 6.45) is 5.51. The van der Waals surface area contributed by atoms with E-state index in [1.165, 1.54) is 0 Å². The smallest absolute Gasteiger partial charge is 0.240 e. The minimum atomic E-state index is -0.102. The lowest BCUT2D eigenvalue weighted by Crippen LogP contribution is -2.42. The molecule has 0 radical (unpaired) electrons. The molecule has 0 bridgehead atoms. The zero-order chi connectivity index (χ0) is 16.7. The van der Waals surface area contributed by atoms with Crippen LogP contribution in [0.5, 0.6) is 0 Å².